The summed E-state index contributed by atoms with van der Waals surface area (Å²) < 4.78 is 13.1. The van der Waals surface area contributed by atoms with Gasteiger partial charge in [-0.3, -0.25) is 9.69 Å². The first-order valence-corrected chi connectivity index (χ1v) is 16.2. The minimum atomic E-state index is -0.201. The maximum Gasteiger partial charge on any atom is 0.303 e. The molecule has 10 atom stereocenters. The lowest BCUT2D eigenvalue weighted by Gasteiger charge is -2.62. The molecule has 6 rings (SSSR count). The van der Waals surface area contributed by atoms with E-state index in [9.17, 15) is 9.90 Å². The topological polar surface area (TPSA) is 59.0 Å². The lowest BCUT2D eigenvalue weighted by atomic mass is 9.44. The molecule has 6 nitrogen and oxygen atoms in total. The Hall–Kier alpha value is -0.210. The van der Waals surface area contributed by atoms with Crippen LogP contribution in [0.4, 0.5) is 0 Å². The number of nitrogens with zero attached hydrogens (tertiary/aromatic N) is 2. The number of hydrogen-bond acceptors (Lipinski definition) is 5. The van der Waals surface area contributed by atoms with E-state index in [1.54, 1.807) is 6.92 Å². The lowest BCUT2D eigenvalue weighted by molar-refractivity contribution is -0.935. The van der Waals surface area contributed by atoms with Gasteiger partial charge in [0.15, 0.2) is 6.10 Å². The number of carbonyl (C=O) groups is 1. The highest BCUT2D eigenvalue weighted by atomic mass is 79.9. The first-order valence-electron chi connectivity index (χ1n) is 16.2. The van der Waals surface area contributed by atoms with Gasteiger partial charge in [-0.1, -0.05) is 13.8 Å². The molecule has 0 aromatic carbocycles. The van der Waals surface area contributed by atoms with Crippen LogP contribution in [0.15, 0.2) is 0 Å². The highest BCUT2D eigenvalue weighted by Gasteiger charge is 2.67. The maximum atomic E-state index is 12.5. The van der Waals surface area contributed by atoms with E-state index in [1.807, 2.05) is 0 Å². The molecule has 0 spiro atoms. The molecule has 0 aromatic heterocycles. The average Bonchev–Trinajstić information content (AvgIpc) is 3.02. The van der Waals surface area contributed by atoms with E-state index in [0.29, 0.717) is 23.3 Å². The number of likely N-dealkylation sites (N-methyl/N-ethyl adjacent to an activating group) is 1. The number of aliphatic hydroxyl groups is 1. The molecule has 2 aliphatic heterocycles. The van der Waals surface area contributed by atoms with Crippen LogP contribution in [-0.2, 0) is 14.3 Å². The van der Waals surface area contributed by atoms with Crippen LogP contribution in [-0.4, -0.2) is 91.2 Å². The largest absolute Gasteiger partial charge is 1.00 e. The Kier molecular flexibility index (Phi) is 8.89. The van der Waals surface area contributed by atoms with E-state index in [4.69, 9.17) is 9.47 Å². The fraction of sp³-hybridized carbons (Fsp3) is 0.969. The number of carbonyl (C=O) groups excluding carboxylic acids is 1. The SMILES string of the molecule is CC(=O)O[C@H]1[C@@H]([N+]2(C)CCCCCC2)CC2C3CC[C@H]4C[C@H](O)[C@@H](N5CCOCC5)C[C@]4(C)C3CC[C@@]21C.[Br-]. The third-order valence-corrected chi connectivity index (χ3v) is 13.3. The molecule has 6 fully saturated rings. The number of quaternary nitrogens is 1. The second-order valence-electron chi connectivity index (χ2n) is 15.1. The Morgan fingerprint density at radius 2 is 1.67 bits per heavy atom. The number of halogens is 1. The molecular formula is C32H55BrN2O4. The van der Waals surface area contributed by atoms with Crippen molar-refractivity contribution >= 4 is 5.97 Å². The number of rotatable bonds is 3. The maximum absolute atomic E-state index is 12.5. The first kappa shape index (κ1) is 30.3. The zero-order valence-corrected chi connectivity index (χ0v) is 26.7. The molecule has 4 aliphatic carbocycles. The fourth-order valence-corrected chi connectivity index (χ4v) is 11.2. The smallest absolute Gasteiger partial charge is 0.303 e. The van der Waals surface area contributed by atoms with Crippen molar-refractivity contribution in [3.05, 3.63) is 0 Å². The summed E-state index contributed by atoms with van der Waals surface area (Å²) in [7, 11) is 2.48. The number of hydrogen-bond donors (Lipinski definition) is 1. The Balaban J connectivity index is 0.00000308. The fourth-order valence-electron chi connectivity index (χ4n) is 11.2. The van der Waals surface area contributed by atoms with E-state index in [2.05, 4.69) is 25.8 Å². The molecule has 0 amide bonds. The third-order valence-electron chi connectivity index (χ3n) is 13.3. The van der Waals surface area contributed by atoms with Crippen molar-refractivity contribution in [2.75, 3.05) is 46.4 Å². The van der Waals surface area contributed by atoms with E-state index >= 15 is 0 Å². The number of ether oxygens (including phenoxy) is 2. The summed E-state index contributed by atoms with van der Waals surface area (Å²) in [5.41, 5.74) is 0.384. The van der Waals surface area contributed by atoms with Gasteiger partial charge in [-0.2, -0.15) is 0 Å². The Morgan fingerprint density at radius 1 is 0.974 bits per heavy atom. The summed E-state index contributed by atoms with van der Waals surface area (Å²) in [5.74, 6) is 2.63. The van der Waals surface area contributed by atoms with E-state index in [-0.39, 0.29) is 46.6 Å². The van der Waals surface area contributed by atoms with Gasteiger partial charge in [0, 0.05) is 37.9 Å². The molecule has 0 radical (unpaired) electrons. The number of morpholine rings is 1. The van der Waals surface area contributed by atoms with Crippen molar-refractivity contribution in [1.29, 1.82) is 0 Å². The van der Waals surface area contributed by atoms with Gasteiger partial charge in [-0.25, -0.2) is 0 Å². The average molecular weight is 612 g/mol. The molecule has 0 bridgehead atoms. The minimum Gasteiger partial charge on any atom is -1.00 e. The molecule has 2 heterocycles. The molecular weight excluding hydrogens is 556 g/mol. The molecule has 6 aliphatic rings. The molecule has 7 heteroatoms. The second kappa shape index (κ2) is 11.5. The van der Waals surface area contributed by atoms with Crippen molar-refractivity contribution in [2.45, 2.75) is 116 Å². The van der Waals surface area contributed by atoms with Crippen LogP contribution >= 0.6 is 0 Å². The van der Waals surface area contributed by atoms with Gasteiger partial charge < -0.3 is 36.0 Å². The predicted molar refractivity (Wildman–Crippen MR) is 148 cm³/mol. The second-order valence-corrected chi connectivity index (χ2v) is 15.1. The molecule has 4 saturated carbocycles. The summed E-state index contributed by atoms with van der Waals surface area (Å²) in [4.78, 5) is 15.0. The molecule has 0 aromatic rings. The predicted octanol–water partition coefficient (Wildman–Crippen LogP) is 1.64. The summed E-state index contributed by atoms with van der Waals surface area (Å²) in [6.45, 7) is 12.7. The standard InChI is InChI=1S/C32H55N2O4.BrH/c1-22(35)38-30-28(34(4)15-7-5-6-8-16-34)20-26-24-10-9-23-19-29(36)27(33-13-17-37-18-14-33)21-32(23,3)25(24)11-12-31(26,30)2;/h23-30,36H,5-21H2,1-4H3;1H/q+1;/p-1/t23-,24?,25?,26?,27-,28-,29-,30-,31-,32-;/m0./s1. The highest BCUT2D eigenvalue weighted by molar-refractivity contribution is 5.66. The van der Waals surface area contributed by atoms with Gasteiger partial charge in [0.1, 0.15) is 6.04 Å². The summed E-state index contributed by atoms with van der Waals surface area (Å²) in [5, 5.41) is 11.3. The molecule has 1 N–H and O–H groups in total. The van der Waals surface area contributed by atoms with Crippen LogP contribution < -0.4 is 17.0 Å². The Labute approximate surface area is 247 Å². The Morgan fingerprint density at radius 3 is 2.33 bits per heavy atom. The molecule has 2 saturated heterocycles. The quantitative estimate of drug-likeness (QED) is 0.389. The van der Waals surface area contributed by atoms with E-state index < -0.39 is 0 Å². The van der Waals surface area contributed by atoms with Crippen LogP contribution in [0.2, 0.25) is 0 Å². The zero-order chi connectivity index (χ0) is 26.7. The number of aliphatic hydroxyl groups excluding tert-OH is 1. The first-order chi connectivity index (χ1) is 18.2. The van der Waals surface area contributed by atoms with Crippen molar-refractivity contribution in [2.24, 2.45) is 34.5 Å². The van der Waals surface area contributed by atoms with Gasteiger partial charge in [-0.05, 0) is 93.3 Å². The van der Waals surface area contributed by atoms with Crippen LogP contribution in [0.5, 0.6) is 0 Å². The van der Waals surface area contributed by atoms with E-state index in [1.165, 1.54) is 70.9 Å². The van der Waals surface area contributed by atoms with Crippen molar-refractivity contribution < 1.29 is 40.8 Å². The van der Waals surface area contributed by atoms with Gasteiger partial charge in [0.2, 0.25) is 0 Å². The number of likely N-dealkylation sites (tertiary alicyclic amines) is 1. The normalized spacial score (nSPS) is 48.0. The summed E-state index contributed by atoms with van der Waals surface area (Å²) in [6.07, 6.45) is 13.5. The van der Waals surface area contributed by atoms with Gasteiger partial charge >= 0.3 is 5.97 Å². The summed E-state index contributed by atoms with van der Waals surface area (Å²) in [6, 6.07) is 0.712. The summed E-state index contributed by atoms with van der Waals surface area (Å²) >= 11 is 0. The molecule has 39 heavy (non-hydrogen) atoms. The molecule has 224 valence electrons. The highest BCUT2D eigenvalue weighted by Crippen LogP contribution is 2.67. The van der Waals surface area contributed by atoms with Gasteiger partial charge in [0.25, 0.3) is 0 Å². The van der Waals surface area contributed by atoms with Gasteiger partial charge in [-0.15, -0.1) is 0 Å². The van der Waals surface area contributed by atoms with Crippen molar-refractivity contribution in [3.8, 4) is 0 Å². The minimum absolute atomic E-state index is 0. The van der Waals surface area contributed by atoms with Crippen LogP contribution in [0, 0.1) is 34.5 Å². The Bertz CT molecular complexity index is 874. The van der Waals surface area contributed by atoms with E-state index in [0.717, 1.165) is 55.5 Å². The van der Waals surface area contributed by atoms with Crippen LogP contribution in [0.3, 0.4) is 0 Å². The van der Waals surface area contributed by atoms with Crippen molar-refractivity contribution in [3.63, 3.8) is 0 Å². The van der Waals surface area contributed by atoms with Crippen LogP contribution in [0.25, 0.3) is 0 Å². The van der Waals surface area contributed by atoms with Crippen molar-refractivity contribution in [1.82, 2.24) is 4.90 Å². The monoisotopic (exact) mass is 610 g/mol. The lowest BCUT2D eigenvalue weighted by Crippen LogP contribution is -3.00. The number of esters is 1. The molecule has 3 unspecified atom stereocenters. The number of fused-ring (bicyclic) bond motifs is 5. The van der Waals surface area contributed by atoms with Gasteiger partial charge in [0.05, 0.1) is 39.5 Å². The van der Waals surface area contributed by atoms with Crippen LogP contribution in [0.1, 0.15) is 91.4 Å². The third kappa shape index (κ3) is 5.17. The zero-order valence-electron chi connectivity index (χ0n) is 25.1.